The molecule has 1 atom stereocenters. The van der Waals surface area contributed by atoms with Crippen molar-refractivity contribution in [1.82, 2.24) is 9.80 Å². The fourth-order valence-corrected chi connectivity index (χ4v) is 1.94. The Hall–Kier alpha value is -0.380. The quantitative estimate of drug-likeness (QED) is 0.665. The average molecular weight is 205 g/mol. The fraction of sp³-hybridized carbons (Fsp3) is 0.857. The second kappa shape index (κ2) is 4.74. The summed E-state index contributed by atoms with van der Waals surface area (Å²) in [6, 6.07) is 0. The summed E-state index contributed by atoms with van der Waals surface area (Å²) in [4.78, 5) is 4.12. The minimum atomic E-state index is -1.06. The predicted octanol–water partition coefficient (Wildman–Crippen LogP) is 0.128. The van der Waals surface area contributed by atoms with Gasteiger partial charge in [0, 0.05) is 34.3 Å². The maximum absolute atomic E-state index is 8.92. The molecule has 1 unspecified atom stereocenters. The van der Waals surface area contributed by atoms with Gasteiger partial charge in [-0.1, -0.05) is 0 Å². The zero-order chi connectivity index (χ0) is 9.84. The van der Waals surface area contributed by atoms with Gasteiger partial charge in [0.2, 0.25) is 5.96 Å². The van der Waals surface area contributed by atoms with Crippen LogP contribution in [0.15, 0.2) is 4.76 Å². The molecule has 6 heteroatoms. The molecule has 1 fully saturated rings. The third-order valence-corrected chi connectivity index (χ3v) is 3.05. The number of nitrogens with zero attached hydrogens (tertiary/aromatic N) is 3. The molecule has 1 aliphatic heterocycles. The Kier molecular flexibility index (Phi) is 3.90. The van der Waals surface area contributed by atoms with Crippen LogP contribution < -0.4 is 0 Å². The van der Waals surface area contributed by atoms with Crippen molar-refractivity contribution >= 4 is 14.3 Å². The second-order valence-corrected chi connectivity index (χ2v) is 4.47. The Labute approximate surface area is 79.9 Å². The molecule has 1 saturated heterocycles. The predicted molar refractivity (Wildman–Crippen MR) is 53.7 cm³/mol. The van der Waals surface area contributed by atoms with Crippen molar-refractivity contribution in [3.63, 3.8) is 0 Å². The molecule has 0 aromatic heterocycles. The van der Waals surface area contributed by atoms with E-state index >= 15 is 0 Å². The highest BCUT2D eigenvalue weighted by Crippen LogP contribution is 2.36. The molecule has 5 nitrogen and oxygen atoms in total. The zero-order valence-electron chi connectivity index (χ0n) is 8.27. The first-order valence-corrected chi connectivity index (χ1v) is 5.52. The van der Waals surface area contributed by atoms with E-state index in [4.69, 9.17) is 9.63 Å². The van der Waals surface area contributed by atoms with Gasteiger partial charge < -0.3 is 19.4 Å². The van der Waals surface area contributed by atoms with E-state index in [0.717, 1.165) is 19.0 Å². The Bertz CT molecular complexity index is 184. The van der Waals surface area contributed by atoms with Gasteiger partial charge in [0.15, 0.2) is 8.30 Å². The van der Waals surface area contributed by atoms with Gasteiger partial charge in [-0.25, -0.2) is 0 Å². The van der Waals surface area contributed by atoms with Gasteiger partial charge in [-0.05, 0) is 0 Å². The van der Waals surface area contributed by atoms with E-state index in [1.807, 2.05) is 14.1 Å². The Morgan fingerprint density at radius 3 is 2.38 bits per heavy atom. The third kappa shape index (κ3) is 2.53. The monoisotopic (exact) mass is 205 g/mol. The smallest absolute Gasteiger partial charge is 0.202 e. The van der Waals surface area contributed by atoms with Crippen LogP contribution in [0.2, 0.25) is 0 Å². The summed E-state index contributed by atoms with van der Waals surface area (Å²) < 4.78 is 9.37. The van der Waals surface area contributed by atoms with E-state index in [1.165, 1.54) is 0 Å². The number of hydrogen-bond donors (Lipinski definition) is 1. The molecule has 0 radical (unpaired) electrons. The molecule has 0 aliphatic carbocycles. The van der Waals surface area contributed by atoms with Crippen molar-refractivity contribution in [2.24, 2.45) is 4.76 Å². The molecule has 1 N–H and O–H groups in total. The average Bonchev–Trinajstić information content (AvgIpc) is 2.44. The first-order valence-electron chi connectivity index (χ1n) is 4.12. The molecule has 0 aromatic rings. The van der Waals surface area contributed by atoms with Crippen molar-refractivity contribution in [2.45, 2.75) is 0 Å². The summed E-state index contributed by atoms with van der Waals surface area (Å²) in [5, 5.41) is 8.92. The van der Waals surface area contributed by atoms with Crippen LogP contribution in [0.5, 0.6) is 0 Å². The van der Waals surface area contributed by atoms with Crippen LogP contribution in [0.25, 0.3) is 0 Å². The van der Waals surface area contributed by atoms with Gasteiger partial charge in [0.1, 0.15) is 6.35 Å². The van der Waals surface area contributed by atoms with Crippen molar-refractivity contribution in [3.05, 3.63) is 0 Å². The molecule has 13 heavy (non-hydrogen) atoms. The van der Waals surface area contributed by atoms with Gasteiger partial charge in [0.25, 0.3) is 0 Å². The van der Waals surface area contributed by atoms with Gasteiger partial charge in [-0.15, -0.1) is 0 Å². The molecule has 1 rings (SSSR count). The van der Waals surface area contributed by atoms with Crippen LogP contribution in [0.4, 0.5) is 0 Å². The SMILES string of the molecule is COP(CO)N=C1N(C)CCN1C. The molecule has 0 spiro atoms. The summed E-state index contributed by atoms with van der Waals surface area (Å²) in [6.07, 6.45) is -0.0169. The zero-order valence-corrected chi connectivity index (χ0v) is 9.16. The molecule has 0 saturated carbocycles. The number of likely N-dealkylation sites (N-methyl/N-ethyl adjacent to an activating group) is 2. The van der Waals surface area contributed by atoms with E-state index in [9.17, 15) is 0 Å². The van der Waals surface area contributed by atoms with Crippen LogP contribution in [0, 0.1) is 0 Å². The number of rotatable bonds is 3. The Balaban J connectivity index is 2.66. The largest absolute Gasteiger partial charge is 0.388 e. The number of hydrogen-bond acceptors (Lipinski definition) is 3. The third-order valence-electron chi connectivity index (χ3n) is 1.99. The highest BCUT2D eigenvalue weighted by molar-refractivity contribution is 7.51. The van der Waals surface area contributed by atoms with E-state index in [2.05, 4.69) is 14.6 Å². The van der Waals surface area contributed by atoms with E-state index in [-0.39, 0.29) is 6.35 Å². The van der Waals surface area contributed by atoms with E-state index < -0.39 is 8.30 Å². The van der Waals surface area contributed by atoms with Gasteiger partial charge >= 0.3 is 0 Å². The van der Waals surface area contributed by atoms with Gasteiger partial charge in [-0.3, -0.25) is 0 Å². The molecule has 0 bridgehead atoms. The first-order chi connectivity index (χ1) is 6.19. The molecule has 76 valence electrons. The van der Waals surface area contributed by atoms with E-state index in [0.29, 0.717) is 0 Å². The maximum Gasteiger partial charge on any atom is 0.202 e. The first kappa shape index (κ1) is 10.7. The summed E-state index contributed by atoms with van der Waals surface area (Å²) in [5.74, 6) is 0.905. The molecule has 1 heterocycles. The van der Waals surface area contributed by atoms with Crippen LogP contribution >= 0.6 is 8.30 Å². The highest BCUT2D eigenvalue weighted by atomic mass is 31.2. The standard InChI is InChI=1S/C7H16N3O2P/c1-9-4-5-10(2)7(9)8-13(6-11)12-3/h11H,4-6H2,1-3H3. The summed E-state index contributed by atoms with van der Waals surface area (Å²) in [7, 11) is 4.49. The topological polar surface area (TPSA) is 48.3 Å². The van der Waals surface area contributed by atoms with Gasteiger partial charge in [0.05, 0.1) is 0 Å². The lowest BCUT2D eigenvalue weighted by Crippen LogP contribution is -2.27. The van der Waals surface area contributed by atoms with Crippen LogP contribution in [0.1, 0.15) is 0 Å². The van der Waals surface area contributed by atoms with Crippen molar-refractivity contribution in [1.29, 1.82) is 0 Å². The van der Waals surface area contributed by atoms with Gasteiger partial charge in [-0.2, -0.15) is 4.76 Å². The lowest BCUT2D eigenvalue weighted by atomic mass is 10.6. The van der Waals surface area contributed by atoms with Crippen LogP contribution in [0.3, 0.4) is 0 Å². The van der Waals surface area contributed by atoms with E-state index in [1.54, 1.807) is 7.11 Å². The minimum Gasteiger partial charge on any atom is -0.388 e. The van der Waals surface area contributed by atoms with Crippen molar-refractivity contribution in [2.75, 3.05) is 40.6 Å². The number of aliphatic hydroxyl groups is 1. The van der Waals surface area contributed by atoms with Crippen molar-refractivity contribution < 1.29 is 9.63 Å². The molecular formula is C7H16N3O2P. The number of aliphatic hydroxyl groups excluding tert-OH is 1. The van der Waals surface area contributed by atoms with Crippen molar-refractivity contribution in [3.8, 4) is 0 Å². The molecular weight excluding hydrogens is 189 g/mol. The fourth-order valence-electron chi connectivity index (χ4n) is 1.17. The normalized spacial score (nSPS) is 19.5. The molecule has 1 aliphatic rings. The van der Waals surface area contributed by atoms with Crippen LogP contribution in [-0.2, 0) is 4.52 Å². The van der Waals surface area contributed by atoms with Crippen LogP contribution in [-0.4, -0.2) is 61.5 Å². The summed E-state index contributed by atoms with van der Waals surface area (Å²) >= 11 is 0. The molecule has 0 amide bonds. The Morgan fingerprint density at radius 2 is 2.00 bits per heavy atom. The second-order valence-electron chi connectivity index (χ2n) is 2.92. The number of guanidine groups is 1. The lowest BCUT2D eigenvalue weighted by molar-refractivity contribution is 0.342. The minimum absolute atomic E-state index is 0.0169. The summed E-state index contributed by atoms with van der Waals surface area (Å²) in [5.41, 5.74) is 0. The molecule has 0 aromatic carbocycles. The Morgan fingerprint density at radius 1 is 1.46 bits per heavy atom. The highest BCUT2D eigenvalue weighted by Gasteiger charge is 2.21. The lowest BCUT2D eigenvalue weighted by Gasteiger charge is -2.17. The maximum atomic E-state index is 8.92. The summed E-state index contributed by atoms with van der Waals surface area (Å²) in [6.45, 7) is 1.96.